The number of halogens is 2. The summed E-state index contributed by atoms with van der Waals surface area (Å²) in [4.78, 5) is 12.1. The second-order valence-corrected chi connectivity index (χ2v) is 5.48. The summed E-state index contributed by atoms with van der Waals surface area (Å²) in [6.45, 7) is 3.59. The number of hydrogen-bond donors (Lipinski definition) is 1. The second kappa shape index (κ2) is 6.86. The lowest BCUT2D eigenvalue weighted by molar-refractivity contribution is -0.149. The van der Waals surface area contributed by atoms with Gasteiger partial charge >= 0.3 is 5.97 Å². The molecule has 1 rings (SSSR count). The molecule has 0 aliphatic heterocycles. The number of benzene rings is 1. The molecule has 19 heavy (non-hydrogen) atoms. The lowest BCUT2D eigenvalue weighted by atomic mass is 10.0. The maximum Gasteiger partial charge on any atom is 0.325 e. The molecule has 0 aliphatic rings. The van der Waals surface area contributed by atoms with Gasteiger partial charge in [-0.25, -0.2) is 8.78 Å². The molecule has 0 aromatic heterocycles. The van der Waals surface area contributed by atoms with Crippen molar-refractivity contribution in [2.24, 2.45) is 5.73 Å². The van der Waals surface area contributed by atoms with Crippen LogP contribution in [0, 0.1) is 11.6 Å². The normalized spacial score (nSPS) is 13.9. The third-order valence-corrected chi connectivity index (χ3v) is 3.52. The number of rotatable bonds is 6. The van der Waals surface area contributed by atoms with Gasteiger partial charge in [-0.2, -0.15) is 0 Å². The van der Waals surface area contributed by atoms with Crippen LogP contribution < -0.4 is 5.73 Å². The first-order valence-electron chi connectivity index (χ1n) is 5.91. The standard InChI is InChI=1S/C13H17F2NO2S/c1-3-18-12(17)13(2,16)6-7-19-9-4-5-10(14)11(15)8-9/h4-5,8H,3,6-7,16H2,1-2H3. The number of esters is 1. The highest BCUT2D eigenvalue weighted by Crippen LogP contribution is 2.23. The fourth-order valence-corrected chi connectivity index (χ4v) is 2.46. The van der Waals surface area contributed by atoms with E-state index < -0.39 is 23.1 Å². The van der Waals surface area contributed by atoms with Crippen LogP contribution in [0.25, 0.3) is 0 Å². The van der Waals surface area contributed by atoms with Crippen LogP contribution in [0.2, 0.25) is 0 Å². The second-order valence-electron chi connectivity index (χ2n) is 4.31. The number of hydrogen-bond acceptors (Lipinski definition) is 4. The fourth-order valence-electron chi connectivity index (χ4n) is 1.35. The van der Waals surface area contributed by atoms with E-state index in [-0.39, 0.29) is 6.61 Å². The smallest absolute Gasteiger partial charge is 0.325 e. The lowest BCUT2D eigenvalue weighted by Gasteiger charge is -2.21. The molecular formula is C13H17F2NO2S. The minimum absolute atomic E-state index is 0.280. The molecule has 0 saturated heterocycles. The van der Waals surface area contributed by atoms with Crippen molar-refractivity contribution < 1.29 is 18.3 Å². The van der Waals surface area contributed by atoms with Crippen LogP contribution in [0.4, 0.5) is 8.78 Å². The van der Waals surface area contributed by atoms with Crippen molar-refractivity contribution >= 4 is 17.7 Å². The third kappa shape index (κ3) is 4.80. The highest BCUT2D eigenvalue weighted by Gasteiger charge is 2.29. The zero-order valence-corrected chi connectivity index (χ0v) is 11.7. The average molecular weight is 289 g/mol. The van der Waals surface area contributed by atoms with Crippen molar-refractivity contribution in [3.05, 3.63) is 29.8 Å². The van der Waals surface area contributed by atoms with Gasteiger partial charge in [0.05, 0.1) is 6.61 Å². The molecule has 1 unspecified atom stereocenters. The van der Waals surface area contributed by atoms with Crippen LogP contribution in [0.1, 0.15) is 20.3 Å². The van der Waals surface area contributed by atoms with Crippen molar-refractivity contribution in [2.75, 3.05) is 12.4 Å². The van der Waals surface area contributed by atoms with E-state index in [0.29, 0.717) is 17.1 Å². The van der Waals surface area contributed by atoms with Gasteiger partial charge in [-0.05, 0) is 38.5 Å². The van der Waals surface area contributed by atoms with Crippen molar-refractivity contribution in [3.63, 3.8) is 0 Å². The Bertz CT molecular complexity index is 452. The van der Waals surface area contributed by atoms with E-state index in [4.69, 9.17) is 10.5 Å². The molecule has 0 spiro atoms. The quantitative estimate of drug-likeness (QED) is 0.646. The van der Waals surface area contributed by atoms with E-state index >= 15 is 0 Å². The van der Waals surface area contributed by atoms with E-state index in [1.165, 1.54) is 17.8 Å². The summed E-state index contributed by atoms with van der Waals surface area (Å²) in [5.74, 6) is -1.71. The molecule has 0 fully saturated rings. The average Bonchev–Trinajstić information content (AvgIpc) is 2.34. The van der Waals surface area contributed by atoms with Crippen molar-refractivity contribution in [1.29, 1.82) is 0 Å². The molecule has 3 nitrogen and oxygen atoms in total. The number of thioether (sulfide) groups is 1. The summed E-state index contributed by atoms with van der Waals surface area (Å²) >= 11 is 1.31. The molecular weight excluding hydrogens is 272 g/mol. The predicted molar refractivity (Wildman–Crippen MR) is 70.9 cm³/mol. The first kappa shape index (κ1) is 15.9. The van der Waals surface area contributed by atoms with Gasteiger partial charge in [0, 0.05) is 10.6 Å². The minimum atomic E-state index is -1.07. The molecule has 1 aromatic rings. The van der Waals surface area contributed by atoms with Crippen molar-refractivity contribution in [1.82, 2.24) is 0 Å². The van der Waals surface area contributed by atoms with Gasteiger partial charge in [0.15, 0.2) is 11.6 Å². The zero-order chi connectivity index (χ0) is 14.5. The van der Waals surface area contributed by atoms with Crippen LogP contribution in [0.15, 0.2) is 23.1 Å². The topological polar surface area (TPSA) is 52.3 Å². The largest absolute Gasteiger partial charge is 0.465 e. The maximum atomic E-state index is 13.0. The number of carbonyl (C=O) groups excluding carboxylic acids is 1. The Labute approximate surface area is 115 Å². The Morgan fingerprint density at radius 2 is 2.11 bits per heavy atom. The summed E-state index contributed by atoms with van der Waals surface area (Å²) in [6.07, 6.45) is 0.384. The summed E-state index contributed by atoms with van der Waals surface area (Å²) in [6, 6.07) is 3.68. The third-order valence-electron chi connectivity index (χ3n) is 2.52. The summed E-state index contributed by atoms with van der Waals surface area (Å²) in [5, 5.41) is 0. The van der Waals surface area contributed by atoms with Crippen LogP contribution in [0.5, 0.6) is 0 Å². The molecule has 2 N–H and O–H groups in total. The van der Waals surface area contributed by atoms with Gasteiger partial charge in [-0.15, -0.1) is 11.8 Å². The summed E-state index contributed by atoms with van der Waals surface area (Å²) in [7, 11) is 0. The lowest BCUT2D eigenvalue weighted by Crippen LogP contribution is -2.46. The van der Waals surface area contributed by atoms with Crippen molar-refractivity contribution in [2.45, 2.75) is 30.7 Å². The molecule has 0 amide bonds. The van der Waals surface area contributed by atoms with Gasteiger partial charge in [0.25, 0.3) is 0 Å². The Balaban J connectivity index is 2.49. The molecule has 0 bridgehead atoms. The predicted octanol–water partition coefficient (Wildman–Crippen LogP) is 2.73. The highest BCUT2D eigenvalue weighted by molar-refractivity contribution is 7.99. The fraction of sp³-hybridized carbons (Fsp3) is 0.462. The Morgan fingerprint density at radius 1 is 1.42 bits per heavy atom. The molecule has 0 radical (unpaired) electrons. The van der Waals surface area contributed by atoms with Gasteiger partial charge in [0.1, 0.15) is 5.54 Å². The summed E-state index contributed by atoms with van der Waals surface area (Å²) in [5.41, 5.74) is 4.77. The minimum Gasteiger partial charge on any atom is -0.465 e. The van der Waals surface area contributed by atoms with Crippen LogP contribution in [0.3, 0.4) is 0 Å². The first-order valence-corrected chi connectivity index (χ1v) is 6.89. The van der Waals surface area contributed by atoms with Crippen molar-refractivity contribution in [3.8, 4) is 0 Å². The van der Waals surface area contributed by atoms with E-state index in [9.17, 15) is 13.6 Å². The Kier molecular flexibility index (Phi) is 5.75. The van der Waals surface area contributed by atoms with E-state index in [0.717, 1.165) is 12.1 Å². The van der Waals surface area contributed by atoms with E-state index in [1.807, 2.05) is 0 Å². The number of ether oxygens (including phenoxy) is 1. The van der Waals surface area contributed by atoms with Crippen LogP contribution in [-0.2, 0) is 9.53 Å². The maximum absolute atomic E-state index is 13.0. The van der Waals surface area contributed by atoms with Gasteiger partial charge in [0.2, 0.25) is 0 Å². The van der Waals surface area contributed by atoms with Crippen LogP contribution >= 0.6 is 11.8 Å². The van der Waals surface area contributed by atoms with E-state index in [1.54, 1.807) is 13.8 Å². The molecule has 0 saturated carbocycles. The van der Waals surface area contributed by atoms with E-state index in [2.05, 4.69) is 0 Å². The molecule has 6 heteroatoms. The van der Waals surface area contributed by atoms with Gasteiger partial charge in [-0.3, -0.25) is 4.79 Å². The monoisotopic (exact) mass is 289 g/mol. The number of carbonyl (C=O) groups is 1. The Hall–Kier alpha value is -1.14. The molecule has 0 heterocycles. The van der Waals surface area contributed by atoms with Crippen LogP contribution in [-0.4, -0.2) is 23.9 Å². The molecule has 0 aliphatic carbocycles. The first-order chi connectivity index (χ1) is 8.86. The van der Waals surface area contributed by atoms with Gasteiger partial charge < -0.3 is 10.5 Å². The SMILES string of the molecule is CCOC(=O)C(C)(N)CCSc1ccc(F)c(F)c1. The molecule has 1 atom stereocenters. The Morgan fingerprint density at radius 3 is 2.68 bits per heavy atom. The summed E-state index contributed by atoms with van der Waals surface area (Å²) < 4.78 is 30.6. The van der Waals surface area contributed by atoms with Gasteiger partial charge in [-0.1, -0.05) is 0 Å². The molecule has 106 valence electrons. The highest BCUT2D eigenvalue weighted by atomic mass is 32.2. The molecule has 1 aromatic carbocycles. The zero-order valence-electron chi connectivity index (χ0n) is 10.9. The number of nitrogens with two attached hydrogens (primary N) is 1.